The fourth-order valence-electron chi connectivity index (χ4n) is 9.68. The molecule has 0 fully saturated rings. The van der Waals surface area contributed by atoms with Gasteiger partial charge in [-0.05, 0) is 81.9 Å². The van der Waals surface area contributed by atoms with Crippen LogP contribution in [0.25, 0.3) is 100 Å². The van der Waals surface area contributed by atoms with Crippen LogP contribution in [0.5, 0.6) is 0 Å². The predicted octanol–water partition coefficient (Wildman–Crippen LogP) is 14.0. The van der Waals surface area contributed by atoms with Gasteiger partial charge in [0.05, 0.1) is 33.5 Å². The van der Waals surface area contributed by atoms with Crippen molar-refractivity contribution in [1.82, 2.24) is 19.1 Å². The second-order valence-electron chi connectivity index (χ2n) is 16.2. The molecular formula is C55H38N4. The minimum atomic E-state index is -0.125. The van der Waals surface area contributed by atoms with Gasteiger partial charge in [0.25, 0.3) is 0 Å². The van der Waals surface area contributed by atoms with Crippen LogP contribution < -0.4 is 0 Å². The molecule has 11 aromatic rings. The van der Waals surface area contributed by atoms with E-state index in [1.54, 1.807) is 0 Å². The molecule has 0 amide bonds. The van der Waals surface area contributed by atoms with E-state index < -0.39 is 0 Å². The van der Waals surface area contributed by atoms with Gasteiger partial charge in [-0.25, -0.2) is 9.97 Å². The molecule has 0 unspecified atom stereocenters. The van der Waals surface area contributed by atoms with Crippen LogP contribution in [-0.2, 0) is 5.41 Å². The first-order chi connectivity index (χ1) is 29.0. The minimum absolute atomic E-state index is 0.125. The van der Waals surface area contributed by atoms with Crippen molar-refractivity contribution in [2.24, 2.45) is 0 Å². The molecule has 4 nitrogen and oxygen atoms in total. The van der Waals surface area contributed by atoms with Gasteiger partial charge < -0.3 is 4.57 Å². The Balaban J connectivity index is 1.11. The number of benzene rings is 8. The van der Waals surface area contributed by atoms with Gasteiger partial charge >= 0.3 is 0 Å². The Kier molecular flexibility index (Phi) is 7.24. The highest BCUT2D eigenvalue weighted by molar-refractivity contribution is 6.19. The highest BCUT2D eigenvalue weighted by atomic mass is 15.2. The van der Waals surface area contributed by atoms with Crippen molar-refractivity contribution in [3.05, 3.63) is 205 Å². The maximum Gasteiger partial charge on any atom is 0.235 e. The van der Waals surface area contributed by atoms with E-state index >= 15 is 0 Å². The summed E-state index contributed by atoms with van der Waals surface area (Å²) in [5.41, 5.74) is 17.1. The van der Waals surface area contributed by atoms with E-state index in [2.05, 4.69) is 217 Å². The van der Waals surface area contributed by atoms with Crippen molar-refractivity contribution < 1.29 is 0 Å². The summed E-state index contributed by atoms with van der Waals surface area (Å²) in [6.45, 7) is 4.66. The molecule has 59 heavy (non-hydrogen) atoms. The van der Waals surface area contributed by atoms with Crippen LogP contribution in [0.3, 0.4) is 0 Å². The van der Waals surface area contributed by atoms with Gasteiger partial charge in [0.1, 0.15) is 0 Å². The molecule has 0 spiro atoms. The van der Waals surface area contributed by atoms with Crippen LogP contribution in [0.1, 0.15) is 25.0 Å². The number of nitrogens with zero attached hydrogens (tertiary/aromatic N) is 4. The Morgan fingerprint density at radius 2 is 0.915 bits per heavy atom. The summed E-state index contributed by atoms with van der Waals surface area (Å²) < 4.78 is 4.69. The third-order valence-corrected chi connectivity index (χ3v) is 12.5. The van der Waals surface area contributed by atoms with E-state index in [0.717, 1.165) is 55.5 Å². The van der Waals surface area contributed by atoms with Gasteiger partial charge in [0.2, 0.25) is 5.95 Å². The molecule has 278 valence electrons. The summed E-state index contributed by atoms with van der Waals surface area (Å²) >= 11 is 0. The Morgan fingerprint density at radius 3 is 1.64 bits per heavy atom. The van der Waals surface area contributed by atoms with Crippen molar-refractivity contribution in [2.75, 3.05) is 0 Å². The molecule has 1 aliphatic carbocycles. The van der Waals surface area contributed by atoms with Gasteiger partial charge in [-0.15, -0.1) is 0 Å². The summed E-state index contributed by atoms with van der Waals surface area (Å²) in [7, 11) is 0. The summed E-state index contributed by atoms with van der Waals surface area (Å²) in [6.07, 6.45) is 0. The molecule has 1 aliphatic rings. The van der Waals surface area contributed by atoms with Crippen molar-refractivity contribution >= 4 is 43.6 Å². The fraction of sp³-hybridized carbons (Fsp3) is 0.0545. The molecule has 0 saturated carbocycles. The lowest BCUT2D eigenvalue weighted by molar-refractivity contribution is 0.660. The topological polar surface area (TPSA) is 35.6 Å². The number of rotatable bonds is 5. The van der Waals surface area contributed by atoms with Crippen LogP contribution in [0, 0.1) is 0 Å². The lowest BCUT2D eigenvalue weighted by atomic mass is 9.82. The molecule has 12 rings (SSSR count). The summed E-state index contributed by atoms with van der Waals surface area (Å²) in [5, 5.41) is 4.70. The standard InChI is InChI=1S/C55H38N4/c1-55(2)46-25-12-9-22-40(46)41-29-28-38(31-47(41)55)49-34-48(36-18-7-4-8-19-36)56-54(57-49)59-51-27-14-11-24-43(51)45-32-52-44(33-53(45)59)42-23-10-13-26-50(42)58(52)39-21-15-20-37(30-39)35-16-5-3-6-17-35/h3-34H,1-2H3. The quantitative estimate of drug-likeness (QED) is 0.175. The smallest absolute Gasteiger partial charge is 0.235 e. The van der Waals surface area contributed by atoms with Gasteiger partial charge in [-0.3, -0.25) is 4.57 Å². The van der Waals surface area contributed by atoms with Crippen molar-refractivity contribution in [2.45, 2.75) is 19.3 Å². The van der Waals surface area contributed by atoms with E-state index in [1.807, 2.05) is 0 Å². The number of aromatic nitrogens is 4. The lowest BCUT2D eigenvalue weighted by Crippen LogP contribution is -2.15. The predicted molar refractivity (Wildman–Crippen MR) is 245 cm³/mol. The zero-order valence-electron chi connectivity index (χ0n) is 32.8. The molecule has 0 radical (unpaired) electrons. The maximum absolute atomic E-state index is 5.47. The van der Waals surface area contributed by atoms with Crippen molar-refractivity contribution in [3.63, 3.8) is 0 Å². The first kappa shape index (κ1) is 33.6. The van der Waals surface area contributed by atoms with Gasteiger partial charge in [-0.1, -0.05) is 159 Å². The molecule has 3 heterocycles. The molecule has 3 aromatic heterocycles. The highest BCUT2D eigenvalue weighted by Gasteiger charge is 2.35. The Labute approximate surface area is 342 Å². The van der Waals surface area contributed by atoms with E-state index in [4.69, 9.17) is 9.97 Å². The SMILES string of the molecule is CC1(C)c2ccccc2-c2ccc(-c3cc(-c4ccccc4)nc(-n4c5ccccc5c5cc6c(cc54)c4ccccc4n6-c4cccc(-c5ccccc5)c4)n3)cc21. The molecule has 0 aliphatic heterocycles. The number of fused-ring (bicyclic) bond motifs is 9. The van der Waals surface area contributed by atoms with Crippen LogP contribution in [0.2, 0.25) is 0 Å². The summed E-state index contributed by atoms with van der Waals surface area (Å²) in [4.78, 5) is 10.9. The van der Waals surface area contributed by atoms with Gasteiger partial charge in [-0.2, -0.15) is 0 Å². The van der Waals surface area contributed by atoms with Crippen molar-refractivity contribution in [3.8, 4) is 56.4 Å². The van der Waals surface area contributed by atoms with Crippen LogP contribution >= 0.6 is 0 Å². The Bertz CT molecular complexity index is 3460. The second kappa shape index (κ2) is 12.7. The van der Waals surface area contributed by atoms with Crippen LogP contribution in [0.4, 0.5) is 0 Å². The molecule has 8 aromatic carbocycles. The molecule has 0 saturated heterocycles. The van der Waals surface area contributed by atoms with E-state index in [0.29, 0.717) is 5.95 Å². The fourth-order valence-corrected chi connectivity index (χ4v) is 9.68. The highest BCUT2D eigenvalue weighted by Crippen LogP contribution is 2.49. The molecule has 0 atom stereocenters. The Hall–Kier alpha value is -7.56. The molecular weight excluding hydrogens is 717 g/mol. The Morgan fingerprint density at radius 1 is 0.356 bits per heavy atom. The third-order valence-electron chi connectivity index (χ3n) is 12.5. The van der Waals surface area contributed by atoms with E-state index in [9.17, 15) is 0 Å². The van der Waals surface area contributed by atoms with Crippen LogP contribution in [-0.4, -0.2) is 19.1 Å². The lowest BCUT2D eigenvalue weighted by Gasteiger charge is -2.22. The number of hydrogen-bond donors (Lipinski definition) is 0. The average Bonchev–Trinajstić information content (AvgIpc) is 3.88. The molecule has 0 bridgehead atoms. The first-order valence-electron chi connectivity index (χ1n) is 20.3. The van der Waals surface area contributed by atoms with E-state index in [-0.39, 0.29) is 5.41 Å². The molecule has 0 N–H and O–H groups in total. The monoisotopic (exact) mass is 754 g/mol. The second-order valence-corrected chi connectivity index (χ2v) is 16.2. The first-order valence-corrected chi connectivity index (χ1v) is 20.3. The molecule has 4 heteroatoms. The minimum Gasteiger partial charge on any atom is -0.309 e. The number of para-hydroxylation sites is 2. The zero-order chi connectivity index (χ0) is 39.2. The third kappa shape index (κ3) is 5.09. The zero-order valence-corrected chi connectivity index (χ0v) is 32.8. The summed E-state index contributed by atoms with van der Waals surface area (Å²) in [5.74, 6) is 0.647. The van der Waals surface area contributed by atoms with Crippen LogP contribution in [0.15, 0.2) is 194 Å². The van der Waals surface area contributed by atoms with Gasteiger partial charge in [0, 0.05) is 43.8 Å². The summed E-state index contributed by atoms with van der Waals surface area (Å²) in [6, 6.07) is 70.0. The normalized spacial score (nSPS) is 13.1. The van der Waals surface area contributed by atoms with Crippen molar-refractivity contribution in [1.29, 1.82) is 0 Å². The maximum atomic E-state index is 5.47. The number of hydrogen-bond acceptors (Lipinski definition) is 2. The average molecular weight is 755 g/mol. The largest absolute Gasteiger partial charge is 0.309 e. The van der Waals surface area contributed by atoms with Gasteiger partial charge in [0.15, 0.2) is 0 Å². The van der Waals surface area contributed by atoms with E-state index in [1.165, 1.54) is 49.7 Å².